The Kier molecular flexibility index (Phi) is 3.63. The van der Waals surface area contributed by atoms with Crippen LogP contribution >= 0.6 is 11.6 Å². The van der Waals surface area contributed by atoms with Gasteiger partial charge in [0.15, 0.2) is 0 Å². The molecule has 0 N–H and O–H groups in total. The number of hydrazone groups is 1. The predicted octanol–water partition coefficient (Wildman–Crippen LogP) is 2.88. The molecule has 2 aromatic carbocycles. The summed E-state index contributed by atoms with van der Waals surface area (Å²) >= 11 is 5.72. The van der Waals surface area contributed by atoms with Crippen LogP contribution in [0.2, 0.25) is 5.02 Å². The Morgan fingerprint density at radius 1 is 1.09 bits per heavy atom. The largest absolute Gasteiger partial charge is 0.288 e. The SMILES string of the molecule is O=C1c2ccccc2C(=O)N1/N=C\c1ccc(Cl)c([N+](=O)[O-])c1. The van der Waals surface area contributed by atoms with Crippen LogP contribution in [0.25, 0.3) is 0 Å². The number of benzene rings is 2. The van der Waals surface area contributed by atoms with Crippen molar-refractivity contribution < 1.29 is 14.5 Å². The fourth-order valence-electron chi connectivity index (χ4n) is 2.16. The zero-order valence-corrected chi connectivity index (χ0v) is 12.2. The lowest BCUT2D eigenvalue weighted by Gasteiger charge is -2.05. The summed E-state index contributed by atoms with van der Waals surface area (Å²) in [5.74, 6) is -1.07. The Morgan fingerprint density at radius 2 is 1.70 bits per heavy atom. The molecule has 1 aliphatic rings. The van der Waals surface area contributed by atoms with Gasteiger partial charge in [-0.2, -0.15) is 10.1 Å². The zero-order chi connectivity index (χ0) is 16.6. The number of nitrogens with zero attached hydrogens (tertiary/aromatic N) is 3. The summed E-state index contributed by atoms with van der Waals surface area (Å²) < 4.78 is 0. The van der Waals surface area contributed by atoms with Gasteiger partial charge in [0, 0.05) is 11.6 Å². The molecule has 0 saturated carbocycles. The lowest BCUT2D eigenvalue weighted by atomic mass is 10.1. The Hall–Kier alpha value is -3.06. The highest BCUT2D eigenvalue weighted by atomic mass is 35.5. The maximum atomic E-state index is 12.1. The quantitative estimate of drug-likeness (QED) is 0.374. The highest BCUT2D eigenvalue weighted by Crippen LogP contribution is 2.25. The van der Waals surface area contributed by atoms with Crippen molar-refractivity contribution in [1.29, 1.82) is 0 Å². The molecule has 0 aromatic heterocycles. The summed E-state index contributed by atoms with van der Waals surface area (Å²) in [6.07, 6.45) is 1.20. The van der Waals surface area contributed by atoms with Crippen LogP contribution in [-0.2, 0) is 0 Å². The molecule has 2 amide bonds. The van der Waals surface area contributed by atoms with Crippen LogP contribution in [0.4, 0.5) is 5.69 Å². The van der Waals surface area contributed by atoms with Crippen molar-refractivity contribution in [2.45, 2.75) is 0 Å². The number of imide groups is 1. The molecular weight excluding hydrogens is 322 g/mol. The Morgan fingerprint density at radius 3 is 2.26 bits per heavy atom. The smallest absolute Gasteiger partial charge is 0.267 e. The van der Waals surface area contributed by atoms with Crippen molar-refractivity contribution in [2.75, 3.05) is 0 Å². The van der Waals surface area contributed by atoms with Crippen molar-refractivity contribution in [1.82, 2.24) is 5.01 Å². The van der Waals surface area contributed by atoms with Gasteiger partial charge in [-0.05, 0) is 18.2 Å². The second kappa shape index (κ2) is 5.62. The van der Waals surface area contributed by atoms with E-state index >= 15 is 0 Å². The van der Waals surface area contributed by atoms with E-state index in [-0.39, 0.29) is 21.8 Å². The number of rotatable bonds is 3. The number of nitro benzene ring substituents is 1. The standard InChI is InChI=1S/C15H8ClN3O4/c16-12-6-5-9(7-13(12)19(22)23)8-17-18-14(20)10-3-1-2-4-11(10)15(18)21/h1-8H/b17-8-. The second-order valence-electron chi connectivity index (χ2n) is 4.68. The minimum absolute atomic E-state index is 0.00659. The summed E-state index contributed by atoms with van der Waals surface area (Å²) in [5, 5.41) is 15.4. The summed E-state index contributed by atoms with van der Waals surface area (Å²) in [7, 11) is 0. The number of carbonyl (C=O) groups is 2. The number of amides is 2. The molecule has 0 radical (unpaired) electrons. The van der Waals surface area contributed by atoms with Gasteiger partial charge in [-0.1, -0.05) is 29.8 Å². The molecule has 7 nitrogen and oxygen atoms in total. The van der Waals surface area contributed by atoms with E-state index in [4.69, 9.17) is 11.6 Å². The van der Waals surface area contributed by atoms with Crippen LogP contribution in [0.3, 0.4) is 0 Å². The normalized spacial score (nSPS) is 13.7. The molecule has 1 heterocycles. The number of halogens is 1. The Labute approximate surface area is 134 Å². The van der Waals surface area contributed by atoms with Gasteiger partial charge >= 0.3 is 0 Å². The van der Waals surface area contributed by atoms with Crippen LogP contribution in [0.15, 0.2) is 47.6 Å². The first-order chi connectivity index (χ1) is 11.0. The minimum atomic E-state index is -0.623. The van der Waals surface area contributed by atoms with Crippen molar-refractivity contribution in [3.05, 3.63) is 74.3 Å². The van der Waals surface area contributed by atoms with Gasteiger partial charge in [0.1, 0.15) is 5.02 Å². The molecule has 0 atom stereocenters. The number of fused-ring (bicyclic) bond motifs is 1. The molecule has 2 aromatic rings. The van der Waals surface area contributed by atoms with E-state index < -0.39 is 16.7 Å². The molecule has 0 spiro atoms. The maximum absolute atomic E-state index is 12.1. The number of hydrogen-bond acceptors (Lipinski definition) is 5. The van der Waals surface area contributed by atoms with Gasteiger partial charge in [0.05, 0.1) is 22.3 Å². The fourth-order valence-corrected chi connectivity index (χ4v) is 2.34. The molecule has 0 unspecified atom stereocenters. The van der Waals surface area contributed by atoms with E-state index in [1.165, 1.54) is 36.5 Å². The topological polar surface area (TPSA) is 92.9 Å². The summed E-state index contributed by atoms with van der Waals surface area (Å²) in [6, 6.07) is 10.4. The molecule has 1 aliphatic heterocycles. The molecule has 3 rings (SSSR count). The summed E-state index contributed by atoms with van der Waals surface area (Å²) in [4.78, 5) is 34.5. The van der Waals surface area contributed by atoms with Crippen molar-refractivity contribution in [3.63, 3.8) is 0 Å². The average Bonchev–Trinajstić information content (AvgIpc) is 2.78. The lowest BCUT2D eigenvalue weighted by molar-refractivity contribution is -0.384. The third kappa shape index (κ3) is 2.58. The maximum Gasteiger partial charge on any atom is 0.288 e. The summed E-state index contributed by atoms with van der Waals surface area (Å²) in [6.45, 7) is 0. The van der Waals surface area contributed by atoms with Crippen LogP contribution < -0.4 is 0 Å². The van der Waals surface area contributed by atoms with E-state index in [1.807, 2.05) is 0 Å². The van der Waals surface area contributed by atoms with E-state index in [9.17, 15) is 19.7 Å². The molecule has 0 aliphatic carbocycles. The third-order valence-electron chi connectivity index (χ3n) is 3.26. The van der Waals surface area contributed by atoms with Crippen molar-refractivity contribution >= 4 is 35.3 Å². The van der Waals surface area contributed by atoms with Gasteiger partial charge in [0.25, 0.3) is 17.5 Å². The first-order valence-corrected chi connectivity index (χ1v) is 6.82. The molecule has 0 saturated heterocycles. The van der Waals surface area contributed by atoms with Crippen molar-refractivity contribution in [2.24, 2.45) is 5.10 Å². The highest BCUT2D eigenvalue weighted by molar-refractivity contribution is 6.32. The first-order valence-electron chi connectivity index (χ1n) is 6.45. The molecular formula is C15H8ClN3O4. The van der Waals surface area contributed by atoms with Gasteiger partial charge in [-0.25, -0.2) is 0 Å². The molecule has 8 heteroatoms. The number of nitro groups is 1. The second-order valence-corrected chi connectivity index (χ2v) is 5.09. The number of hydrogen-bond donors (Lipinski definition) is 0. The highest BCUT2D eigenvalue weighted by Gasteiger charge is 2.35. The summed E-state index contributed by atoms with van der Waals surface area (Å²) in [5.41, 5.74) is 0.615. The van der Waals surface area contributed by atoms with Crippen LogP contribution in [0.1, 0.15) is 26.3 Å². The van der Waals surface area contributed by atoms with Crippen LogP contribution in [-0.4, -0.2) is 28.0 Å². The van der Waals surface area contributed by atoms with Crippen LogP contribution in [0, 0.1) is 10.1 Å². The fraction of sp³-hybridized carbons (Fsp3) is 0. The molecule has 0 bridgehead atoms. The zero-order valence-electron chi connectivity index (χ0n) is 11.5. The number of carbonyl (C=O) groups excluding carboxylic acids is 2. The van der Waals surface area contributed by atoms with E-state index in [1.54, 1.807) is 12.1 Å². The third-order valence-corrected chi connectivity index (χ3v) is 3.58. The molecule has 114 valence electrons. The van der Waals surface area contributed by atoms with E-state index in [2.05, 4.69) is 5.10 Å². The van der Waals surface area contributed by atoms with Gasteiger partial charge in [-0.15, -0.1) is 0 Å². The van der Waals surface area contributed by atoms with Gasteiger partial charge in [0.2, 0.25) is 0 Å². The van der Waals surface area contributed by atoms with Gasteiger partial charge in [-0.3, -0.25) is 19.7 Å². The first kappa shape index (κ1) is 14.9. The van der Waals surface area contributed by atoms with Gasteiger partial charge < -0.3 is 0 Å². The monoisotopic (exact) mass is 329 g/mol. The Bertz CT molecular complexity index is 844. The van der Waals surface area contributed by atoms with E-state index in [0.717, 1.165) is 5.01 Å². The minimum Gasteiger partial charge on any atom is -0.267 e. The lowest BCUT2D eigenvalue weighted by Crippen LogP contribution is -2.23. The molecule has 23 heavy (non-hydrogen) atoms. The Balaban J connectivity index is 1.90. The van der Waals surface area contributed by atoms with Crippen molar-refractivity contribution in [3.8, 4) is 0 Å². The average molecular weight is 330 g/mol. The predicted molar refractivity (Wildman–Crippen MR) is 82.6 cm³/mol. The molecule has 0 fully saturated rings. The van der Waals surface area contributed by atoms with E-state index in [0.29, 0.717) is 5.56 Å². The van der Waals surface area contributed by atoms with Crippen LogP contribution in [0.5, 0.6) is 0 Å².